The molecular formula is C22H25N3O4S. The highest BCUT2D eigenvalue weighted by Gasteiger charge is 2.34. The maximum Gasteiger partial charge on any atom is 0.262 e. The summed E-state index contributed by atoms with van der Waals surface area (Å²) in [4.78, 5) is 26.2. The van der Waals surface area contributed by atoms with Crippen LogP contribution in [0.25, 0.3) is 0 Å². The molecule has 1 aromatic carbocycles. The SMILES string of the molecule is CC(C)(C)CC(=O)NCC(=O)N1N=C(c2cccs2)C[C@@H]1c1ccc2c(c1)OCO2. The lowest BCUT2D eigenvalue weighted by atomic mass is 9.92. The van der Waals surface area contributed by atoms with Gasteiger partial charge in [-0.15, -0.1) is 11.3 Å². The molecule has 0 spiro atoms. The minimum absolute atomic E-state index is 0.0861. The van der Waals surface area contributed by atoms with Crippen LogP contribution >= 0.6 is 11.3 Å². The molecule has 8 heteroatoms. The summed E-state index contributed by atoms with van der Waals surface area (Å²) in [5.74, 6) is 0.982. The number of rotatable bonds is 5. The van der Waals surface area contributed by atoms with Gasteiger partial charge in [0.2, 0.25) is 12.7 Å². The van der Waals surface area contributed by atoms with Gasteiger partial charge in [-0.3, -0.25) is 9.59 Å². The number of carbonyl (C=O) groups is 2. The largest absolute Gasteiger partial charge is 0.454 e. The summed E-state index contributed by atoms with van der Waals surface area (Å²) in [6, 6.07) is 9.40. The van der Waals surface area contributed by atoms with Crippen molar-refractivity contribution in [3.05, 3.63) is 46.2 Å². The molecule has 0 radical (unpaired) electrons. The van der Waals surface area contributed by atoms with E-state index in [1.54, 1.807) is 11.3 Å². The van der Waals surface area contributed by atoms with Crippen molar-refractivity contribution in [2.45, 2.75) is 39.7 Å². The molecule has 158 valence electrons. The normalized spacial score (nSPS) is 17.8. The number of ether oxygens (including phenoxy) is 2. The van der Waals surface area contributed by atoms with Gasteiger partial charge in [-0.25, -0.2) is 5.01 Å². The Bertz CT molecular complexity index is 979. The van der Waals surface area contributed by atoms with E-state index in [0.29, 0.717) is 24.3 Å². The minimum Gasteiger partial charge on any atom is -0.454 e. The summed E-state index contributed by atoms with van der Waals surface area (Å²) in [7, 11) is 0. The fraction of sp³-hybridized carbons (Fsp3) is 0.409. The standard InChI is InChI=1S/C22H25N3O4S/c1-22(2,3)11-20(26)23-12-21(27)25-16(10-15(24-25)19-5-4-8-30-19)14-6-7-17-18(9-14)29-13-28-17/h4-9,16H,10-13H2,1-3H3,(H,23,26)/t16-/m1/s1. The number of amides is 2. The lowest BCUT2D eigenvalue weighted by Crippen LogP contribution is -2.38. The van der Waals surface area contributed by atoms with Crippen LogP contribution in [0.3, 0.4) is 0 Å². The predicted molar refractivity (Wildman–Crippen MR) is 115 cm³/mol. The van der Waals surface area contributed by atoms with Gasteiger partial charge in [-0.05, 0) is 34.6 Å². The van der Waals surface area contributed by atoms with E-state index in [0.717, 1.165) is 16.2 Å². The molecule has 0 fully saturated rings. The highest BCUT2D eigenvalue weighted by Crippen LogP contribution is 2.39. The van der Waals surface area contributed by atoms with Gasteiger partial charge >= 0.3 is 0 Å². The average Bonchev–Trinajstić information content (AvgIpc) is 3.43. The summed E-state index contributed by atoms with van der Waals surface area (Å²) in [5, 5.41) is 10.8. The van der Waals surface area contributed by atoms with Gasteiger partial charge in [-0.1, -0.05) is 32.9 Å². The molecule has 0 unspecified atom stereocenters. The number of thiophene rings is 1. The van der Waals surface area contributed by atoms with Crippen LogP contribution in [0.4, 0.5) is 0 Å². The van der Waals surface area contributed by atoms with E-state index in [1.807, 2.05) is 56.5 Å². The second-order valence-electron chi connectivity index (χ2n) is 8.61. The number of hydrazone groups is 1. The first-order valence-electron chi connectivity index (χ1n) is 9.90. The Hall–Kier alpha value is -2.87. The van der Waals surface area contributed by atoms with E-state index in [2.05, 4.69) is 10.4 Å². The van der Waals surface area contributed by atoms with Crippen LogP contribution in [-0.4, -0.2) is 35.9 Å². The second-order valence-corrected chi connectivity index (χ2v) is 9.56. The van der Waals surface area contributed by atoms with Gasteiger partial charge in [0.1, 0.15) is 0 Å². The predicted octanol–water partition coefficient (Wildman–Crippen LogP) is 3.71. The maximum atomic E-state index is 13.0. The van der Waals surface area contributed by atoms with Crippen molar-refractivity contribution in [3.8, 4) is 11.5 Å². The van der Waals surface area contributed by atoms with Crippen LogP contribution in [0, 0.1) is 5.41 Å². The van der Waals surface area contributed by atoms with Gasteiger partial charge < -0.3 is 14.8 Å². The summed E-state index contributed by atoms with van der Waals surface area (Å²) in [6.07, 6.45) is 0.956. The Kier molecular flexibility index (Phi) is 5.51. The molecule has 7 nitrogen and oxygen atoms in total. The quantitative estimate of drug-likeness (QED) is 0.789. The highest BCUT2D eigenvalue weighted by atomic mass is 32.1. The lowest BCUT2D eigenvalue weighted by Gasteiger charge is -2.23. The number of hydrogen-bond donors (Lipinski definition) is 1. The molecule has 0 saturated carbocycles. The molecule has 1 aromatic heterocycles. The third-order valence-electron chi connectivity index (χ3n) is 4.88. The third kappa shape index (κ3) is 4.48. The van der Waals surface area contributed by atoms with E-state index in [4.69, 9.17) is 9.47 Å². The summed E-state index contributed by atoms with van der Waals surface area (Å²) in [6.45, 7) is 6.08. The molecular weight excluding hydrogens is 402 g/mol. The van der Waals surface area contributed by atoms with Crippen LogP contribution in [0.5, 0.6) is 11.5 Å². The van der Waals surface area contributed by atoms with Crippen molar-refractivity contribution >= 4 is 28.9 Å². The fourth-order valence-corrected chi connectivity index (χ4v) is 4.23. The van der Waals surface area contributed by atoms with Crippen molar-refractivity contribution in [2.24, 2.45) is 10.5 Å². The number of carbonyl (C=O) groups excluding carboxylic acids is 2. The number of fused-ring (bicyclic) bond motifs is 1. The third-order valence-corrected chi connectivity index (χ3v) is 5.80. The number of nitrogens with one attached hydrogen (secondary N) is 1. The average molecular weight is 428 g/mol. The Morgan fingerprint density at radius 2 is 2.03 bits per heavy atom. The Labute approximate surface area is 179 Å². The molecule has 2 aromatic rings. The molecule has 0 bridgehead atoms. The number of hydrogen-bond acceptors (Lipinski definition) is 6. The Balaban J connectivity index is 1.53. The monoisotopic (exact) mass is 427 g/mol. The summed E-state index contributed by atoms with van der Waals surface area (Å²) >= 11 is 1.59. The van der Waals surface area contributed by atoms with E-state index in [9.17, 15) is 9.59 Å². The topological polar surface area (TPSA) is 80.2 Å². The first-order valence-corrected chi connectivity index (χ1v) is 10.8. The lowest BCUT2D eigenvalue weighted by molar-refractivity contribution is -0.134. The van der Waals surface area contributed by atoms with E-state index in [-0.39, 0.29) is 36.6 Å². The van der Waals surface area contributed by atoms with Gasteiger partial charge in [0.05, 0.1) is 23.2 Å². The summed E-state index contributed by atoms with van der Waals surface area (Å²) < 4.78 is 10.9. The Morgan fingerprint density at radius 3 is 2.77 bits per heavy atom. The van der Waals surface area contributed by atoms with Crippen LogP contribution < -0.4 is 14.8 Å². The number of nitrogens with zero attached hydrogens (tertiary/aromatic N) is 2. The van der Waals surface area contributed by atoms with Crippen LogP contribution in [0.15, 0.2) is 40.8 Å². The molecule has 4 rings (SSSR count). The molecule has 30 heavy (non-hydrogen) atoms. The van der Waals surface area contributed by atoms with Crippen molar-refractivity contribution < 1.29 is 19.1 Å². The van der Waals surface area contributed by atoms with Crippen molar-refractivity contribution in [2.75, 3.05) is 13.3 Å². The smallest absolute Gasteiger partial charge is 0.262 e. The van der Waals surface area contributed by atoms with Crippen molar-refractivity contribution in [1.82, 2.24) is 10.3 Å². The van der Waals surface area contributed by atoms with Crippen molar-refractivity contribution in [1.29, 1.82) is 0 Å². The van der Waals surface area contributed by atoms with E-state index < -0.39 is 0 Å². The molecule has 1 N–H and O–H groups in total. The molecule has 1 atom stereocenters. The van der Waals surface area contributed by atoms with Crippen LogP contribution in [0.2, 0.25) is 0 Å². The van der Waals surface area contributed by atoms with Gasteiger partial charge in [0.25, 0.3) is 5.91 Å². The fourth-order valence-electron chi connectivity index (χ4n) is 3.51. The van der Waals surface area contributed by atoms with Gasteiger partial charge in [-0.2, -0.15) is 5.10 Å². The zero-order valence-electron chi connectivity index (χ0n) is 17.3. The number of benzene rings is 1. The first-order chi connectivity index (χ1) is 14.3. The molecule has 2 aliphatic rings. The minimum atomic E-state index is -0.261. The molecule has 0 saturated heterocycles. The second kappa shape index (κ2) is 8.10. The van der Waals surface area contributed by atoms with E-state index in [1.165, 1.54) is 5.01 Å². The van der Waals surface area contributed by atoms with E-state index >= 15 is 0 Å². The Morgan fingerprint density at radius 1 is 1.23 bits per heavy atom. The first kappa shape index (κ1) is 20.4. The highest BCUT2D eigenvalue weighted by molar-refractivity contribution is 7.12. The van der Waals surface area contributed by atoms with Crippen LogP contribution in [-0.2, 0) is 9.59 Å². The van der Waals surface area contributed by atoms with Crippen molar-refractivity contribution in [3.63, 3.8) is 0 Å². The van der Waals surface area contributed by atoms with Crippen LogP contribution in [0.1, 0.15) is 50.1 Å². The van der Waals surface area contributed by atoms with Gasteiger partial charge in [0.15, 0.2) is 11.5 Å². The molecule has 2 amide bonds. The van der Waals surface area contributed by atoms with Gasteiger partial charge in [0, 0.05) is 12.8 Å². The molecule has 2 aliphatic heterocycles. The zero-order chi connectivity index (χ0) is 21.3. The molecule has 3 heterocycles. The molecule has 0 aliphatic carbocycles. The summed E-state index contributed by atoms with van der Waals surface area (Å²) in [5.41, 5.74) is 1.64. The maximum absolute atomic E-state index is 13.0. The zero-order valence-corrected chi connectivity index (χ0v) is 18.1.